The van der Waals surface area contributed by atoms with Gasteiger partial charge >= 0.3 is 5.97 Å². The first-order valence-electron chi connectivity index (χ1n) is 5.12. The lowest BCUT2D eigenvalue weighted by molar-refractivity contribution is 0.0596. The summed E-state index contributed by atoms with van der Waals surface area (Å²) in [5, 5.41) is 0. The largest absolute Gasteiger partial charge is 0.496 e. The monoisotopic (exact) mass is 224 g/mol. The SMILES string of the molecule is CCCOc1ccc(OC)c(C(=O)OC)c1. The van der Waals surface area contributed by atoms with E-state index in [-0.39, 0.29) is 0 Å². The topological polar surface area (TPSA) is 44.8 Å². The molecule has 0 saturated carbocycles. The predicted molar refractivity (Wildman–Crippen MR) is 60.1 cm³/mol. The molecule has 0 aliphatic carbocycles. The standard InChI is InChI=1S/C12H16O4/c1-4-7-16-9-5-6-11(14-2)10(8-9)12(13)15-3/h5-6,8H,4,7H2,1-3H3. The Labute approximate surface area is 95.1 Å². The maximum Gasteiger partial charge on any atom is 0.341 e. The molecule has 0 aromatic heterocycles. The van der Waals surface area contributed by atoms with E-state index in [4.69, 9.17) is 9.47 Å². The second-order valence-corrected chi connectivity index (χ2v) is 3.20. The van der Waals surface area contributed by atoms with Crippen molar-refractivity contribution in [1.29, 1.82) is 0 Å². The molecule has 0 fully saturated rings. The van der Waals surface area contributed by atoms with Gasteiger partial charge in [-0.15, -0.1) is 0 Å². The molecular weight excluding hydrogens is 208 g/mol. The highest BCUT2D eigenvalue weighted by atomic mass is 16.5. The van der Waals surface area contributed by atoms with E-state index in [1.54, 1.807) is 18.2 Å². The van der Waals surface area contributed by atoms with Crippen molar-refractivity contribution in [2.75, 3.05) is 20.8 Å². The normalized spacial score (nSPS) is 9.69. The van der Waals surface area contributed by atoms with Crippen LogP contribution in [0.2, 0.25) is 0 Å². The summed E-state index contributed by atoms with van der Waals surface area (Å²) < 4.78 is 15.2. The Balaban J connectivity index is 2.96. The van der Waals surface area contributed by atoms with Gasteiger partial charge in [0.15, 0.2) is 0 Å². The highest BCUT2D eigenvalue weighted by molar-refractivity contribution is 5.92. The first-order valence-corrected chi connectivity index (χ1v) is 5.12. The lowest BCUT2D eigenvalue weighted by Crippen LogP contribution is -2.05. The first kappa shape index (κ1) is 12.4. The van der Waals surface area contributed by atoms with Gasteiger partial charge in [0.25, 0.3) is 0 Å². The predicted octanol–water partition coefficient (Wildman–Crippen LogP) is 2.27. The minimum Gasteiger partial charge on any atom is -0.496 e. The van der Waals surface area contributed by atoms with E-state index in [0.717, 1.165) is 6.42 Å². The Morgan fingerprint density at radius 3 is 2.62 bits per heavy atom. The van der Waals surface area contributed by atoms with E-state index in [0.29, 0.717) is 23.7 Å². The maximum absolute atomic E-state index is 11.5. The van der Waals surface area contributed by atoms with Crippen LogP contribution in [-0.2, 0) is 4.74 Å². The summed E-state index contributed by atoms with van der Waals surface area (Å²) in [6.45, 7) is 2.64. The molecule has 1 aromatic rings. The van der Waals surface area contributed by atoms with Crippen molar-refractivity contribution in [2.45, 2.75) is 13.3 Å². The first-order chi connectivity index (χ1) is 7.72. The molecule has 0 heterocycles. The van der Waals surface area contributed by atoms with Crippen LogP contribution in [0.4, 0.5) is 0 Å². The van der Waals surface area contributed by atoms with Crippen molar-refractivity contribution in [3.05, 3.63) is 23.8 Å². The van der Waals surface area contributed by atoms with Gasteiger partial charge in [-0.2, -0.15) is 0 Å². The molecule has 0 bridgehead atoms. The Hall–Kier alpha value is -1.71. The highest BCUT2D eigenvalue weighted by Crippen LogP contribution is 2.24. The van der Waals surface area contributed by atoms with Crippen LogP contribution in [0, 0.1) is 0 Å². The van der Waals surface area contributed by atoms with Crippen LogP contribution < -0.4 is 9.47 Å². The molecule has 0 aliphatic heterocycles. The van der Waals surface area contributed by atoms with E-state index < -0.39 is 5.97 Å². The molecule has 88 valence electrons. The Morgan fingerprint density at radius 1 is 1.31 bits per heavy atom. The minimum absolute atomic E-state index is 0.374. The molecule has 16 heavy (non-hydrogen) atoms. The number of hydrogen-bond donors (Lipinski definition) is 0. The Bertz CT molecular complexity index is 360. The summed E-state index contributed by atoms with van der Waals surface area (Å²) >= 11 is 0. The fourth-order valence-electron chi connectivity index (χ4n) is 1.27. The molecule has 0 amide bonds. The molecule has 0 atom stereocenters. The third-order valence-electron chi connectivity index (χ3n) is 2.05. The van der Waals surface area contributed by atoms with Gasteiger partial charge in [-0.05, 0) is 24.6 Å². The summed E-state index contributed by atoms with van der Waals surface area (Å²) in [7, 11) is 2.84. The van der Waals surface area contributed by atoms with Crippen LogP contribution in [0.3, 0.4) is 0 Å². The van der Waals surface area contributed by atoms with Crippen molar-refractivity contribution < 1.29 is 19.0 Å². The van der Waals surface area contributed by atoms with Gasteiger partial charge in [0.05, 0.1) is 20.8 Å². The number of hydrogen-bond acceptors (Lipinski definition) is 4. The van der Waals surface area contributed by atoms with Crippen LogP contribution in [0.15, 0.2) is 18.2 Å². The van der Waals surface area contributed by atoms with Crippen molar-refractivity contribution in [3.8, 4) is 11.5 Å². The average molecular weight is 224 g/mol. The molecular formula is C12H16O4. The number of esters is 1. The minimum atomic E-state index is -0.432. The summed E-state index contributed by atoms with van der Waals surface area (Å²) in [6.07, 6.45) is 0.916. The van der Waals surface area contributed by atoms with Gasteiger partial charge in [-0.25, -0.2) is 4.79 Å². The maximum atomic E-state index is 11.5. The van der Waals surface area contributed by atoms with Crippen molar-refractivity contribution in [2.24, 2.45) is 0 Å². The van der Waals surface area contributed by atoms with Gasteiger partial charge < -0.3 is 14.2 Å². The van der Waals surface area contributed by atoms with Gasteiger partial charge in [-0.1, -0.05) is 6.92 Å². The van der Waals surface area contributed by atoms with Gasteiger partial charge in [-0.3, -0.25) is 0 Å². The number of carbonyl (C=O) groups excluding carboxylic acids is 1. The van der Waals surface area contributed by atoms with E-state index in [1.165, 1.54) is 14.2 Å². The van der Waals surface area contributed by atoms with Gasteiger partial charge in [0, 0.05) is 0 Å². The molecule has 4 heteroatoms. The molecule has 0 unspecified atom stereocenters. The van der Waals surface area contributed by atoms with E-state index in [1.807, 2.05) is 6.92 Å². The van der Waals surface area contributed by atoms with Crippen LogP contribution >= 0.6 is 0 Å². The molecule has 0 saturated heterocycles. The van der Waals surface area contributed by atoms with Crippen molar-refractivity contribution in [1.82, 2.24) is 0 Å². The number of benzene rings is 1. The number of rotatable bonds is 5. The number of methoxy groups -OCH3 is 2. The van der Waals surface area contributed by atoms with Crippen molar-refractivity contribution >= 4 is 5.97 Å². The smallest absolute Gasteiger partial charge is 0.341 e. The van der Waals surface area contributed by atoms with Gasteiger partial charge in [0.2, 0.25) is 0 Å². The third-order valence-corrected chi connectivity index (χ3v) is 2.05. The van der Waals surface area contributed by atoms with Crippen LogP contribution in [0.25, 0.3) is 0 Å². The Morgan fingerprint density at radius 2 is 2.06 bits per heavy atom. The zero-order chi connectivity index (χ0) is 12.0. The molecule has 0 spiro atoms. The summed E-state index contributed by atoms with van der Waals surface area (Å²) in [5.41, 5.74) is 0.374. The molecule has 4 nitrogen and oxygen atoms in total. The lowest BCUT2D eigenvalue weighted by atomic mass is 10.2. The molecule has 0 aliphatic rings. The quantitative estimate of drug-likeness (QED) is 0.720. The Kier molecular flexibility index (Phi) is 4.64. The summed E-state index contributed by atoms with van der Waals surface area (Å²) in [5.74, 6) is 0.692. The highest BCUT2D eigenvalue weighted by Gasteiger charge is 2.13. The fraction of sp³-hybridized carbons (Fsp3) is 0.417. The second kappa shape index (κ2) is 6.00. The van der Waals surface area contributed by atoms with Crippen LogP contribution in [0.5, 0.6) is 11.5 Å². The van der Waals surface area contributed by atoms with E-state index >= 15 is 0 Å². The number of ether oxygens (including phenoxy) is 3. The molecule has 0 N–H and O–H groups in total. The fourth-order valence-corrected chi connectivity index (χ4v) is 1.27. The molecule has 0 radical (unpaired) electrons. The third kappa shape index (κ3) is 2.89. The van der Waals surface area contributed by atoms with Crippen LogP contribution in [0.1, 0.15) is 23.7 Å². The van der Waals surface area contributed by atoms with E-state index in [9.17, 15) is 4.79 Å². The molecule has 1 rings (SSSR count). The summed E-state index contributed by atoms with van der Waals surface area (Å²) in [4.78, 5) is 11.5. The van der Waals surface area contributed by atoms with Crippen LogP contribution in [-0.4, -0.2) is 26.8 Å². The lowest BCUT2D eigenvalue weighted by Gasteiger charge is -2.09. The zero-order valence-corrected chi connectivity index (χ0v) is 9.78. The van der Waals surface area contributed by atoms with Crippen molar-refractivity contribution in [3.63, 3.8) is 0 Å². The zero-order valence-electron chi connectivity index (χ0n) is 9.78. The van der Waals surface area contributed by atoms with Gasteiger partial charge in [0.1, 0.15) is 17.1 Å². The summed E-state index contributed by atoms with van der Waals surface area (Å²) in [6, 6.07) is 5.08. The second-order valence-electron chi connectivity index (χ2n) is 3.20. The average Bonchev–Trinajstić information content (AvgIpc) is 2.35. The number of carbonyl (C=O) groups is 1. The molecule has 1 aromatic carbocycles. The van der Waals surface area contributed by atoms with E-state index in [2.05, 4.69) is 4.74 Å².